The zero-order valence-corrected chi connectivity index (χ0v) is 14.1. The van der Waals surface area contributed by atoms with Crippen LogP contribution in [0.3, 0.4) is 0 Å². The normalized spacial score (nSPS) is 29.0. The topological polar surface area (TPSA) is 89.5 Å². The van der Waals surface area contributed by atoms with Crippen LogP contribution in [0.4, 0.5) is 0 Å². The minimum atomic E-state index is -1.21. The third kappa shape index (κ3) is 5.82. The number of carbonyl (C=O) groups is 2. The van der Waals surface area contributed by atoms with Crippen LogP contribution in [-0.4, -0.2) is 71.1 Å². The molecule has 1 saturated heterocycles. The summed E-state index contributed by atoms with van der Waals surface area (Å²) in [5.74, 6) is -1.65. The van der Waals surface area contributed by atoms with Crippen molar-refractivity contribution in [2.75, 3.05) is 34.7 Å². The molecule has 0 aromatic heterocycles. The van der Waals surface area contributed by atoms with Gasteiger partial charge >= 0.3 is 5.97 Å². The highest BCUT2D eigenvalue weighted by molar-refractivity contribution is 5.70. The molecule has 1 rings (SSSR count). The van der Waals surface area contributed by atoms with E-state index in [9.17, 15) is 9.59 Å². The highest BCUT2D eigenvalue weighted by Gasteiger charge is 2.46. The molecule has 8 heteroatoms. The number of carbonyl (C=O) groups excluding carboxylic acids is 2. The largest absolute Gasteiger partial charge is 0.466 e. The first-order valence-electron chi connectivity index (χ1n) is 7.51. The fourth-order valence-corrected chi connectivity index (χ4v) is 2.57. The van der Waals surface area contributed by atoms with Crippen LogP contribution in [0.25, 0.3) is 0 Å². The summed E-state index contributed by atoms with van der Waals surface area (Å²) >= 11 is 0. The lowest BCUT2D eigenvalue weighted by molar-refractivity contribution is -0.303. The standard InChI is InChI=1S/C15H26O8/c1-5-21-14(17)8-15(20-4)7-11(19-3)6-12(23-15)13(9-16)22-10-18-2/h9,11-13H,5-8,10H2,1-4H3/t11-,12-,13-,15+/m1/s1. The molecule has 0 amide bonds. The number of aldehydes is 1. The summed E-state index contributed by atoms with van der Waals surface area (Å²) in [6.07, 6.45) is -0.351. The molecule has 1 fully saturated rings. The van der Waals surface area contributed by atoms with Crippen LogP contribution in [0.15, 0.2) is 0 Å². The molecule has 0 spiro atoms. The zero-order valence-electron chi connectivity index (χ0n) is 14.1. The van der Waals surface area contributed by atoms with Crippen molar-refractivity contribution in [1.82, 2.24) is 0 Å². The first-order valence-corrected chi connectivity index (χ1v) is 7.51. The molecule has 134 valence electrons. The molecule has 0 N–H and O–H groups in total. The minimum absolute atomic E-state index is 0.0429. The van der Waals surface area contributed by atoms with E-state index in [2.05, 4.69) is 0 Å². The average molecular weight is 334 g/mol. The van der Waals surface area contributed by atoms with E-state index in [0.717, 1.165) is 0 Å². The van der Waals surface area contributed by atoms with Gasteiger partial charge in [-0.15, -0.1) is 0 Å². The van der Waals surface area contributed by atoms with E-state index in [4.69, 9.17) is 28.4 Å². The van der Waals surface area contributed by atoms with Gasteiger partial charge in [0.1, 0.15) is 12.9 Å². The molecule has 0 aromatic carbocycles. The molecule has 1 aliphatic heterocycles. The van der Waals surface area contributed by atoms with Crippen molar-refractivity contribution in [3.63, 3.8) is 0 Å². The van der Waals surface area contributed by atoms with Crippen LogP contribution >= 0.6 is 0 Å². The molecule has 8 nitrogen and oxygen atoms in total. The van der Waals surface area contributed by atoms with Gasteiger partial charge in [0.15, 0.2) is 12.1 Å². The number of esters is 1. The fourth-order valence-electron chi connectivity index (χ4n) is 2.57. The third-order valence-electron chi connectivity index (χ3n) is 3.70. The van der Waals surface area contributed by atoms with Gasteiger partial charge in [0.2, 0.25) is 0 Å². The van der Waals surface area contributed by atoms with Gasteiger partial charge in [0.05, 0.1) is 25.2 Å². The number of ether oxygens (including phenoxy) is 6. The summed E-state index contributed by atoms with van der Waals surface area (Å²) in [6.45, 7) is 1.95. The van der Waals surface area contributed by atoms with Gasteiger partial charge in [0.25, 0.3) is 0 Å². The summed E-state index contributed by atoms with van der Waals surface area (Å²) < 4.78 is 31.9. The molecule has 0 bridgehead atoms. The van der Waals surface area contributed by atoms with Gasteiger partial charge < -0.3 is 33.2 Å². The summed E-state index contributed by atoms with van der Waals surface area (Å²) in [5.41, 5.74) is 0. The molecule has 0 aromatic rings. The Bertz CT molecular complexity index is 374. The van der Waals surface area contributed by atoms with E-state index in [1.807, 2.05) is 0 Å². The van der Waals surface area contributed by atoms with Crippen LogP contribution in [-0.2, 0) is 38.0 Å². The molecule has 0 radical (unpaired) electrons. The molecular weight excluding hydrogens is 308 g/mol. The van der Waals surface area contributed by atoms with E-state index in [-0.39, 0.29) is 25.9 Å². The lowest BCUT2D eigenvalue weighted by atomic mass is 9.93. The third-order valence-corrected chi connectivity index (χ3v) is 3.70. The van der Waals surface area contributed by atoms with Gasteiger partial charge in [-0.05, 0) is 6.92 Å². The van der Waals surface area contributed by atoms with Crippen LogP contribution in [0.2, 0.25) is 0 Å². The van der Waals surface area contributed by atoms with Crippen molar-refractivity contribution >= 4 is 12.3 Å². The van der Waals surface area contributed by atoms with E-state index < -0.39 is 24.0 Å². The summed E-state index contributed by atoms with van der Waals surface area (Å²) in [6, 6.07) is 0. The Hall–Kier alpha value is -1.06. The van der Waals surface area contributed by atoms with Gasteiger partial charge in [-0.2, -0.15) is 0 Å². The van der Waals surface area contributed by atoms with Crippen LogP contribution in [0.5, 0.6) is 0 Å². The monoisotopic (exact) mass is 334 g/mol. The highest BCUT2D eigenvalue weighted by Crippen LogP contribution is 2.35. The number of hydrogen-bond donors (Lipinski definition) is 0. The van der Waals surface area contributed by atoms with Crippen molar-refractivity contribution in [1.29, 1.82) is 0 Å². The van der Waals surface area contributed by atoms with Crippen molar-refractivity contribution in [2.24, 2.45) is 0 Å². The maximum absolute atomic E-state index is 11.8. The summed E-state index contributed by atoms with van der Waals surface area (Å²) in [5, 5.41) is 0. The average Bonchev–Trinajstić information content (AvgIpc) is 2.55. The van der Waals surface area contributed by atoms with Crippen molar-refractivity contribution in [2.45, 2.75) is 50.3 Å². The first-order chi connectivity index (χ1) is 11.0. The van der Waals surface area contributed by atoms with Gasteiger partial charge in [-0.1, -0.05) is 0 Å². The Labute approximate surface area is 136 Å². The van der Waals surface area contributed by atoms with Gasteiger partial charge in [-0.25, -0.2) is 0 Å². The minimum Gasteiger partial charge on any atom is -0.466 e. The number of hydrogen-bond acceptors (Lipinski definition) is 8. The maximum atomic E-state index is 11.8. The molecule has 0 unspecified atom stereocenters. The molecule has 0 aliphatic carbocycles. The van der Waals surface area contributed by atoms with E-state index >= 15 is 0 Å². The number of rotatable bonds is 10. The molecular formula is C15H26O8. The number of methoxy groups -OCH3 is 3. The van der Waals surface area contributed by atoms with Gasteiger partial charge in [-0.3, -0.25) is 4.79 Å². The SMILES string of the molecule is CCOC(=O)C[C@]1(OC)C[C@H](OC)C[C@H]([C@@H](C=O)OCOC)O1. The van der Waals surface area contributed by atoms with Crippen molar-refractivity contribution in [3.8, 4) is 0 Å². The van der Waals surface area contributed by atoms with Crippen molar-refractivity contribution < 1.29 is 38.0 Å². The summed E-state index contributed by atoms with van der Waals surface area (Å²) in [4.78, 5) is 23.1. The van der Waals surface area contributed by atoms with E-state index in [0.29, 0.717) is 19.1 Å². The molecule has 1 heterocycles. The zero-order chi connectivity index (χ0) is 17.3. The van der Waals surface area contributed by atoms with E-state index in [1.165, 1.54) is 14.2 Å². The lowest BCUT2D eigenvalue weighted by Gasteiger charge is -2.43. The van der Waals surface area contributed by atoms with E-state index in [1.54, 1.807) is 14.0 Å². The Balaban J connectivity index is 2.88. The Morgan fingerprint density at radius 2 is 2.13 bits per heavy atom. The fraction of sp³-hybridized carbons (Fsp3) is 0.867. The Morgan fingerprint density at radius 1 is 1.39 bits per heavy atom. The van der Waals surface area contributed by atoms with Gasteiger partial charge in [0, 0.05) is 34.2 Å². The van der Waals surface area contributed by atoms with Crippen LogP contribution < -0.4 is 0 Å². The first kappa shape index (κ1) is 20.0. The molecule has 1 aliphatic rings. The Morgan fingerprint density at radius 3 is 2.65 bits per heavy atom. The molecule has 0 saturated carbocycles. The maximum Gasteiger partial charge on any atom is 0.311 e. The predicted octanol–water partition coefficient (Wildman–Crippen LogP) is 0.664. The molecule has 4 atom stereocenters. The lowest BCUT2D eigenvalue weighted by Crippen LogP contribution is -2.53. The molecule has 23 heavy (non-hydrogen) atoms. The second-order valence-electron chi connectivity index (χ2n) is 5.22. The van der Waals surface area contributed by atoms with Crippen molar-refractivity contribution in [3.05, 3.63) is 0 Å². The predicted molar refractivity (Wildman–Crippen MR) is 78.7 cm³/mol. The second-order valence-corrected chi connectivity index (χ2v) is 5.22. The quantitative estimate of drug-likeness (QED) is 0.327. The van der Waals surface area contributed by atoms with Crippen LogP contribution in [0, 0.1) is 0 Å². The highest BCUT2D eigenvalue weighted by atomic mass is 16.7. The second kappa shape index (κ2) is 9.94. The smallest absolute Gasteiger partial charge is 0.311 e. The summed E-state index contributed by atoms with van der Waals surface area (Å²) in [7, 11) is 4.46. The Kier molecular flexibility index (Phi) is 8.64. The van der Waals surface area contributed by atoms with Crippen LogP contribution in [0.1, 0.15) is 26.2 Å².